The van der Waals surface area contributed by atoms with Crippen LogP contribution in [0.3, 0.4) is 0 Å². The van der Waals surface area contributed by atoms with Crippen LogP contribution in [-0.2, 0) is 0 Å². The molecule has 0 atom stereocenters. The van der Waals surface area contributed by atoms with Gasteiger partial charge in [0.2, 0.25) is 5.16 Å². The summed E-state index contributed by atoms with van der Waals surface area (Å²) in [6.07, 6.45) is 4.96. The zero-order valence-electron chi connectivity index (χ0n) is 8.42. The summed E-state index contributed by atoms with van der Waals surface area (Å²) in [5, 5.41) is 7.85. The van der Waals surface area contributed by atoms with Gasteiger partial charge in [0.15, 0.2) is 0 Å². The number of nitrogens with one attached hydrogen (secondary N) is 1. The van der Waals surface area contributed by atoms with Crippen molar-refractivity contribution in [3.05, 3.63) is 5.82 Å². The molecule has 14 heavy (non-hydrogen) atoms. The lowest BCUT2D eigenvalue weighted by Crippen LogP contribution is -2.30. The van der Waals surface area contributed by atoms with E-state index in [1.54, 1.807) is 11.8 Å². The molecule has 0 saturated heterocycles. The summed E-state index contributed by atoms with van der Waals surface area (Å²) in [4.78, 5) is 4.31. The number of nitrogens with zero attached hydrogens (tertiary/aromatic N) is 2. The van der Waals surface area contributed by atoms with Gasteiger partial charge in [-0.3, -0.25) is 5.10 Å². The highest BCUT2D eigenvalue weighted by Crippen LogP contribution is 2.43. The van der Waals surface area contributed by atoms with Gasteiger partial charge in [-0.1, -0.05) is 24.6 Å². The molecule has 4 nitrogen and oxygen atoms in total. The molecule has 1 saturated carbocycles. The summed E-state index contributed by atoms with van der Waals surface area (Å²) in [6, 6.07) is 0. The largest absolute Gasteiger partial charge is 0.329 e. The molecule has 1 aromatic rings. The molecule has 0 unspecified atom stereocenters. The Labute approximate surface area is 88.1 Å². The normalized spacial score (nSPS) is 20.1. The van der Waals surface area contributed by atoms with Crippen molar-refractivity contribution in [3.63, 3.8) is 0 Å². The summed E-state index contributed by atoms with van der Waals surface area (Å²) >= 11 is 1.74. The van der Waals surface area contributed by atoms with Crippen molar-refractivity contribution in [2.75, 3.05) is 6.54 Å². The van der Waals surface area contributed by atoms with Crippen molar-refractivity contribution in [1.82, 2.24) is 15.2 Å². The van der Waals surface area contributed by atoms with E-state index in [0.29, 0.717) is 0 Å². The van der Waals surface area contributed by atoms with Gasteiger partial charge in [-0.05, 0) is 19.8 Å². The van der Waals surface area contributed by atoms with Gasteiger partial charge in [-0.25, -0.2) is 4.98 Å². The van der Waals surface area contributed by atoms with E-state index in [-0.39, 0.29) is 4.75 Å². The van der Waals surface area contributed by atoms with E-state index < -0.39 is 0 Å². The Kier molecular flexibility index (Phi) is 2.78. The molecule has 1 aliphatic rings. The number of aromatic amines is 1. The summed E-state index contributed by atoms with van der Waals surface area (Å²) in [5.74, 6) is 0.873. The van der Waals surface area contributed by atoms with Crippen LogP contribution in [0.5, 0.6) is 0 Å². The van der Waals surface area contributed by atoms with Crippen LogP contribution < -0.4 is 5.73 Å². The van der Waals surface area contributed by atoms with E-state index in [1.165, 1.54) is 25.7 Å². The first-order valence-corrected chi connectivity index (χ1v) is 5.84. The highest BCUT2D eigenvalue weighted by molar-refractivity contribution is 8.00. The van der Waals surface area contributed by atoms with E-state index in [4.69, 9.17) is 5.73 Å². The Bertz CT molecular complexity index is 304. The first kappa shape index (κ1) is 9.98. The van der Waals surface area contributed by atoms with Gasteiger partial charge in [0.05, 0.1) is 0 Å². The SMILES string of the molecule is Cc1nc(SC2(CN)CCCC2)n[nH]1. The second kappa shape index (κ2) is 3.90. The minimum Gasteiger partial charge on any atom is -0.329 e. The molecule has 1 fully saturated rings. The second-order valence-corrected chi connectivity index (χ2v) is 5.33. The summed E-state index contributed by atoms with van der Waals surface area (Å²) in [5.41, 5.74) is 5.84. The van der Waals surface area contributed by atoms with Crippen molar-refractivity contribution < 1.29 is 0 Å². The number of hydrogen-bond donors (Lipinski definition) is 2. The van der Waals surface area contributed by atoms with Crippen molar-refractivity contribution in [2.45, 2.75) is 42.5 Å². The zero-order chi connectivity index (χ0) is 10.0. The number of nitrogens with two attached hydrogens (primary N) is 1. The number of aromatic nitrogens is 3. The first-order chi connectivity index (χ1) is 6.74. The molecule has 1 aliphatic carbocycles. The number of hydrogen-bond acceptors (Lipinski definition) is 4. The lowest BCUT2D eigenvalue weighted by Gasteiger charge is -2.24. The number of thioether (sulfide) groups is 1. The van der Waals surface area contributed by atoms with Crippen LogP contribution >= 0.6 is 11.8 Å². The van der Waals surface area contributed by atoms with Gasteiger partial charge in [0.25, 0.3) is 0 Å². The quantitative estimate of drug-likeness (QED) is 0.796. The Morgan fingerprint density at radius 2 is 2.21 bits per heavy atom. The molecule has 0 amide bonds. The van der Waals surface area contributed by atoms with Gasteiger partial charge >= 0.3 is 0 Å². The predicted molar refractivity (Wildman–Crippen MR) is 57.2 cm³/mol. The van der Waals surface area contributed by atoms with Crippen molar-refractivity contribution >= 4 is 11.8 Å². The van der Waals surface area contributed by atoms with Crippen molar-refractivity contribution in [1.29, 1.82) is 0 Å². The van der Waals surface area contributed by atoms with Gasteiger partial charge < -0.3 is 5.73 Å². The molecule has 2 rings (SSSR count). The standard InChI is InChI=1S/C9H16N4S/c1-7-11-8(13-12-7)14-9(6-10)4-2-3-5-9/h2-6,10H2,1H3,(H,11,12,13). The van der Waals surface area contributed by atoms with Gasteiger partial charge in [-0.15, -0.1) is 5.10 Å². The van der Waals surface area contributed by atoms with Gasteiger partial charge in [0, 0.05) is 11.3 Å². The molecule has 78 valence electrons. The minimum atomic E-state index is 0.203. The van der Waals surface area contributed by atoms with Crippen LogP contribution in [0.2, 0.25) is 0 Å². The van der Waals surface area contributed by atoms with E-state index in [2.05, 4.69) is 15.2 Å². The molecule has 3 N–H and O–H groups in total. The molecule has 0 spiro atoms. The maximum absolute atomic E-state index is 5.84. The minimum absolute atomic E-state index is 0.203. The van der Waals surface area contributed by atoms with Crippen molar-refractivity contribution in [2.24, 2.45) is 5.73 Å². The number of H-pyrrole nitrogens is 1. The molecule has 0 radical (unpaired) electrons. The maximum atomic E-state index is 5.84. The molecular formula is C9H16N4S. The van der Waals surface area contributed by atoms with E-state index >= 15 is 0 Å². The first-order valence-electron chi connectivity index (χ1n) is 5.02. The Morgan fingerprint density at radius 1 is 1.50 bits per heavy atom. The molecule has 5 heteroatoms. The molecule has 0 bridgehead atoms. The van der Waals surface area contributed by atoms with Crippen molar-refractivity contribution in [3.8, 4) is 0 Å². The fourth-order valence-corrected chi connectivity index (χ4v) is 3.17. The van der Waals surface area contributed by atoms with Crippen LogP contribution in [0.15, 0.2) is 5.16 Å². The lowest BCUT2D eigenvalue weighted by molar-refractivity contribution is 0.616. The predicted octanol–water partition coefficient (Wildman–Crippen LogP) is 1.48. The van der Waals surface area contributed by atoms with Crippen LogP contribution in [-0.4, -0.2) is 26.5 Å². The fourth-order valence-electron chi connectivity index (χ4n) is 1.93. The third kappa shape index (κ3) is 1.93. The smallest absolute Gasteiger partial charge is 0.209 e. The fraction of sp³-hybridized carbons (Fsp3) is 0.778. The average molecular weight is 212 g/mol. The van der Waals surface area contributed by atoms with E-state index in [9.17, 15) is 0 Å². The van der Waals surface area contributed by atoms with Crippen LogP contribution in [0.4, 0.5) is 0 Å². The van der Waals surface area contributed by atoms with E-state index in [1.807, 2.05) is 6.92 Å². The second-order valence-electron chi connectivity index (χ2n) is 3.90. The highest BCUT2D eigenvalue weighted by Gasteiger charge is 2.34. The summed E-state index contributed by atoms with van der Waals surface area (Å²) in [6.45, 7) is 2.64. The number of aryl methyl sites for hydroxylation is 1. The molecule has 1 heterocycles. The Balaban J connectivity index is 2.08. The van der Waals surface area contributed by atoms with Crippen LogP contribution in [0.25, 0.3) is 0 Å². The van der Waals surface area contributed by atoms with Crippen LogP contribution in [0, 0.1) is 6.92 Å². The monoisotopic (exact) mass is 212 g/mol. The van der Waals surface area contributed by atoms with Crippen LogP contribution in [0.1, 0.15) is 31.5 Å². The lowest BCUT2D eigenvalue weighted by atomic mass is 10.1. The summed E-state index contributed by atoms with van der Waals surface area (Å²) in [7, 11) is 0. The molecule has 0 aromatic carbocycles. The molecular weight excluding hydrogens is 196 g/mol. The zero-order valence-corrected chi connectivity index (χ0v) is 9.23. The average Bonchev–Trinajstić information content (AvgIpc) is 2.77. The third-order valence-electron chi connectivity index (χ3n) is 2.77. The maximum Gasteiger partial charge on any atom is 0.209 e. The Hall–Kier alpha value is -0.550. The third-order valence-corrected chi connectivity index (χ3v) is 4.14. The van der Waals surface area contributed by atoms with E-state index in [0.717, 1.165) is 17.5 Å². The van der Waals surface area contributed by atoms with Gasteiger partial charge in [0.1, 0.15) is 5.82 Å². The molecule has 0 aliphatic heterocycles. The van der Waals surface area contributed by atoms with Gasteiger partial charge in [-0.2, -0.15) is 0 Å². The Morgan fingerprint density at radius 3 is 2.71 bits per heavy atom. The number of rotatable bonds is 3. The topological polar surface area (TPSA) is 67.6 Å². The summed E-state index contributed by atoms with van der Waals surface area (Å²) < 4.78 is 0.203. The molecule has 1 aromatic heterocycles. The highest BCUT2D eigenvalue weighted by atomic mass is 32.2.